The normalized spacial score (nSPS) is 10.6. The van der Waals surface area contributed by atoms with Crippen molar-refractivity contribution in [2.24, 2.45) is 0 Å². The van der Waals surface area contributed by atoms with Gasteiger partial charge in [0, 0.05) is 12.4 Å². The zero-order valence-corrected chi connectivity index (χ0v) is 7.22. The molecule has 0 aliphatic carbocycles. The van der Waals surface area contributed by atoms with Gasteiger partial charge >= 0.3 is 0 Å². The molecule has 0 atom stereocenters. The Morgan fingerprint density at radius 3 is 3.09 bits per heavy atom. The van der Waals surface area contributed by atoms with Crippen LogP contribution in [0.1, 0.15) is 0 Å². The average Bonchev–Trinajstić information content (AvgIpc) is 2.35. The van der Waals surface area contributed by atoms with E-state index in [0.29, 0.717) is 0 Å². The van der Waals surface area contributed by atoms with Gasteiger partial charge in [-0.25, -0.2) is 0 Å². The van der Waals surface area contributed by atoms with E-state index in [1.54, 1.807) is 12.3 Å². The second-order valence-corrected chi connectivity index (χ2v) is 3.11. The van der Waals surface area contributed by atoms with E-state index >= 15 is 0 Å². The maximum absolute atomic E-state index is 5.68. The molecule has 2 heterocycles. The van der Waals surface area contributed by atoms with Crippen LogP contribution in [0, 0.1) is 0 Å². The van der Waals surface area contributed by atoms with Crippen molar-refractivity contribution in [2.75, 3.05) is 5.73 Å². The lowest BCUT2D eigenvalue weighted by Crippen LogP contribution is -1.86. The van der Waals surface area contributed by atoms with Gasteiger partial charge < -0.3 is 10.7 Å². The van der Waals surface area contributed by atoms with Crippen LogP contribution in [0.2, 0.25) is 0 Å². The maximum Gasteiger partial charge on any atom is 0.104 e. The molecule has 0 aromatic carbocycles. The van der Waals surface area contributed by atoms with Gasteiger partial charge in [-0.15, -0.1) is 0 Å². The van der Waals surface area contributed by atoms with Crippen LogP contribution < -0.4 is 5.73 Å². The minimum Gasteiger partial charge on any atom is -0.397 e. The lowest BCUT2D eigenvalue weighted by atomic mass is 10.3. The summed E-state index contributed by atoms with van der Waals surface area (Å²) in [4.78, 5) is 7.17. The van der Waals surface area contributed by atoms with Gasteiger partial charge in [0.1, 0.15) is 5.52 Å². The van der Waals surface area contributed by atoms with E-state index in [1.165, 1.54) is 0 Å². The van der Waals surface area contributed by atoms with Crippen molar-refractivity contribution in [1.29, 1.82) is 0 Å². The number of H-pyrrole nitrogens is 1. The molecule has 2 aromatic rings. The standard InChI is InChI=1S/C7H6BrN3/c8-4-3-11-7-5(9)1-2-10-6(4)7/h1-3,11H,(H2,9,10). The van der Waals surface area contributed by atoms with Gasteiger partial charge in [0.25, 0.3) is 0 Å². The van der Waals surface area contributed by atoms with Gasteiger partial charge in [0.2, 0.25) is 0 Å². The molecule has 0 radical (unpaired) electrons. The highest BCUT2D eigenvalue weighted by molar-refractivity contribution is 9.10. The highest BCUT2D eigenvalue weighted by Gasteiger charge is 2.02. The Bertz CT molecular complexity index is 393. The molecule has 2 rings (SSSR count). The Hall–Kier alpha value is -1.03. The third kappa shape index (κ3) is 0.903. The average molecular weight is 212 g/mol. The van der Waals surface area contributed by atoms with Gasteiger partial charge in [-0.2, -0.15) is 0 Å². The molecule has 0 saturated heterocycles. The van der Waals surface area contributed by atoms with Gasteiger partial charge in [-0.3, -0.25) is 4.98 Å². The van der Waals surface area contributed by atoms with Crippen LogP contribution in [0.4, 0.5) is 5.69 Å². The molecule has 3 N–H and O–H groups in total. The number of nitrogens with one attached hydrogen (secondary N) is 1. The van der Waals surface area contributed by atoms with E-state index in [2.05, 4.69) is 25.9 Å². The number of hydrogen-bond donors (Lipinski definition) is 2. The fourth-order valence-electron chi connectivity index (χ4n) is 1.01. The number of aromatic amines is 1. The molecule has 0 spiro atoms. The summed E-state index contributed by atoms with van der Waals surface area (Å²) >= 11 is 3.35. The van der Waals surface area contributed by atoms with Crippen molar-refractivity contribution in [3.63, 3.8) is 0 Å². The van der Waals surface area contributed by atoms with Crippen LogP contribution in [-0.4, -0.2) is 9.97 Å². The summed E-state index contributed by atoms with van der Waals surface area (Å²) in [5.74, 6) is 0. The third-order valence-electron chi connectivity index (χ3n) is 1.55. The van der Waals surface area contributed by atoms with E-state index in [0.717, 1.165) is 21.2 Å². The van der Waals surface area contributed by atoms with Gasteiger partial charge in [-0.1, -0.05) is 0 Å². The van der Waals surface area contributed by atoms with Crippen LogP contribution in [0.5, 0.6) is 0 Å². The minimum absolute atomic E-state index is 0.723. The molecule has 56 valence electrons. The Morgan fingerprint density at radius 1 is 1.55 bits per heavy atom. The van der Waals surface area contributed by atoms with Crippen LogP contribution in [0.3, 0.4) is 0 Å². The van der Waals surface area contributed by atoms with Crippen molar-refractivity contribution in [3.8, 4) is 0 Å². The van der Waals surface area contributed by atoms with Crippen LogP contribution in [-0.2, 0) is 0 Å². The third-order valence-corrected chi connectivity index (χ3v) is 2.16. The lowest BCUT2D eigenvalue weighted by molar-refractivity contribution is 1.41. The molecule has 0 unspecified atom stereocenters. The second-order valence-electron chi connectivity index (χ2n) is 2.26. The fourth-order valence-corrected chi connectivity index (χ4v) is 1.43. The molecule has 11 heavy (non-hydrogen) atoms. The molecular weight excluding hydrogens is 206 g/mol. The predicted octanol–water partition coefficient (Wildman–Crippen LogP) is 1.91. The summed E-state index contributed by atoms with van der Waals surface area (Å²) in [6, 6.07) is 1.77. The molecule has 0 amide bonds. The van der Waals surface area contributed by atoms with E-state index in [4.69, 9.17) is 5.73 Å². The number of rotatable bonds is 0. The second kappa shape index (κ2) is 2.23. The Labute approximate surface area is 71.7 Å². The highest BCUT2D eigenvalue weighted by Crippen LogP contribution is 2.24. The first kappa shape index (κ1) is 6.67. The molecule has 4 heteroatoms. The highest BCUT2D eigenvalue weighted by atomic mass is 79.9. The predicted molar refractivity (Wildman–Crippen MR) is 48.2 cm³/mol. The van der Waals surface area contributed by atoms with Crippen molar-refractivity contribution < 1.29 is 0 Å². The van der Waals surface area contributed by atoms with Gasteiger partial charge in [0.05, 0.1) is 15.7 Å². The molecule has 0 saturated carbocycles. The van der Waals surface area contributed by atoms with E-state index in [1.807, 2.05) is 6.20 Å². The number of pyridine rings is 1. The molecule has 3 nitrogen and oxygen atoms in total. The summed E-state index contributed by atoms with van der Waals surface area (Å²) < 4.78 is 0.944. The number of halogens is 1. The number of hydrogen-bond acceptors (Lipinski definition) is 2. The summed E-state index contributed by atoms with van der Waals surface area (Å²) in [5.41, 5.74) is 8.17. The summed E-state index contributed by atoms with van der Waals surface area (Å²) in [7, 11) is 0. The van der Waals surface area contributed by atoms with E-state index in [-0.39, 0.29) is 0 Å². The van der Waals surface area contributed by atoms with Crippen molar-refractivity contribution in [1.82, 2.24) is 9.97 Å². The zero-order valence-electron chi connectivity index (χ0n) is 5.63. The topological polar surface area (TPSA) is 54.7 Å². The zero-order chi connectivity index (χ0) is 7.84. The van der Waals surface area contributed by atoms with Crippen molar-refractivity contribution in [3.05, 3.63) is 22.9 Å². The first-order chi connectivity index (χ1) is 5.29. The number of fused-ring (bicyclic) bond motifs is 1. The van der Waals surface area contributed by atoms with Crippen LogP contribution >= 0.6 is 15.9 Å². The number of anilines is 1. The summed E-state index contributed by atoms with van der Waals surface area (Å²) in [6.45, 7) is 0. The van der Waals surface area contributed by atoms with Crippen molar-refractivity contribution >= 4 is 32.7 Å². The molecule has 0 aliphatic heterocycles. The molecule has 0 fully saturated rings. The Kier molecular flexibility index (Phi) is 1.35. The fraction of sp³-hybridized carbons (Fsp3) is 0. The molecule has 2 aromatic heterocycles. The largest absolute Gasteiger partial charge is 0.397 e. The van der Waals surface area contributed by atoms with Gasteiger partial charge in [-0.05, 0) is 22.0 Å². The Morgan fingerprint density at radius 2 is 2.36 bits per heavy atom. The summed E-state index contributed by atoms with van der Waals surface area (Å²) in [6.07, 6.45) is 3.52. The van der Waals surface area contributed by atoms with Crippen molar-refractivity contribution in [2.45, 2.75) is 0 Å². The monoisotopic (exact) mass is 211 g/mol. The molecule has 0 bridgehead atoms. The SMILES string of the molecule is Nc1ccnc2c(Br)c[nH]c12. The lowest BCUT2D eigenvalue weighted by Gasteiger charge is -1.92. The first-order valence-corrected chi connectivity index (χ1v) is 3.95. The van der Waals surface area contributed by atoms with Gasteiger partial charge in [0.15, 0.2) is 0 Å². The van der Waals surface area contributed by atoms with E-state index in [9.17, 15) is 0 Å². The van der Waals surface area contributed by atoms with Crippen LogP contribution in [0.25, 0.3) is 11.0 Å². The molecule has 0 aliphatic rings. The minimum atomic E-state index is 0.723. The quantitative estimate of drug-likeness (QED) is 0.700. The number of nitrogen functional groups attached to an aromatic ring is 1. The first-order valence-electron chi connectivity index (χ1n) is 3.16. The molecular formula is C7H6BrN3. The van der Waals surface area contributed by atoms with Crippen LogP contribution in [0.15, 0.2) is 22.9 Å². The Balaban J connectivity index is 2.94. The summed E-state index contributed by atoms with van der Waals surface area (Å²) in [5, 5.41) is 0. The number of aromatic nitrogens is 2. The van der Waals surface area contributed by atoms with E-state index < -0.39 is 0 Å². The number of nitrogens with two attached hydrogens (primary N) is 1. The smallest absolute Gasteiger partial charge is 0.104 e. The maximum atomic E-state index is 5.68. The number of nitrogens with zero attached hydrogens (tertiary/aromatic N) is 1.